The molecule has 0 aliphatic heterocycles. The number of hydrogen-bond donors (Lipinski definition) is 1. The molecule has 0 aliphatic carbocycles. The van der Waals surface area contributed by atoms with Crippen LogP contribution >= 0.6 is 11.8 Å². The van der Waals surface area contributed by atoms with Crippen LogP contribution in [0.1, 0.15) is 15.9 Å². The molecular formula is C16H15FO3S. The van der Waals surface area contributed by atoms with Crippen molar-refractivity contribution in [2.75, 3.05) is 12.4 Å². The van der Waals surface area contributed by atoms with E-state index in [1.807, 2.05) is 0 Å². The van der Waals surface area contributed by atoms with Crippen molar-refractivity contribution in [1.29, 1.82) is 0 Å². The number of carbonyl (C=O) groups is 1. The summed E-state index contributed by atoms with van der Waals surface area (Å²) in [6.45, 7) is 2.09. The lowest BCUT2D eigenvalue weighted by molar-refractivity contribution is 0.0695. The summed E-state index contributed by atoms with van der Waals surface area (Å²) in [7, 11) is 0. The van der Waals surface area contributed by atoms with E-state index in [-0.39, 0.29) is 11.4 Å². The number of thioether (sulfide) groups is 1. The Morgan fingerprint density at radius 2 is 2.00 bits per heavy atom. The molecule has 0 radical (unpaired) electrons. The zero-order chi connectivity index (χ0) is 15.2. The predicted octanol–water partition coefficient (Wildman–Crippen LogP) is 4.00. The molecular weight excluding hydrogens is 291 g/mol. The average Bonchev–Trinajstić information content (AvgIpc) is 2.46. The van der Waals surface area contributed by atoms with Crippen LogP contribution in [0.15, 0.2) is 47.4 Å². The number of ether oxygens (including phenoxy) is 1. The molecule has 0 atom stereocenters. The third kappa shape index (κ3) is 3.98. The highest BCUT2D eigenvalue weighted by Crippen LogP contribution is 2.23. The second-order valence-electron chi connectivity index (χ2n) is 4.36. The fraction of sp³-hybridized carbons (Fsp3) is 0.188. The van der Waals surface area contributed by atoms with E-state index in [1.165, 1.54) is 17.8 Å². The molecule has 0 aromatic heterocycles. The monoisotopic (exact) mass is 306 g/mol. The third-order valence-electron chi connectivity index (χ3n) is 2.95. The van der Waals surface area contributed by atoms with Gasteiger partial charge in [0.05, 0.1) is 12.2 Å². The van der Waals surface area contributed by atoms with Crippen molar-refractivity contribution in [1.82, 2.24) is 0 Å². The van der Waals surface area contributed by atoms with Gasteiger partial charge in [0, 0.05) is 16.2 Å². The minimum atomic E-state index is -0.973. The van der Waals surface area contributed by atoms with Crippen LogP contribution in [0, 0.1) is 12.7 Å². The van der Waals surface area contributed by atoms with Crippen molar-refractivity contribution in [2.45, 2.75) is 11.8 Å². The van der Waals surface area contributed by atoms with E-state index in [4.69, 9.17) is 9.84 Å². The van der Waals surface area contributed by atoms with E-state index in [0.29, 0.717) is 28.6 Å². The number of carboxylic acids is 1. The normalized spacial score (nSPS) is 10.4. The summed E-state index contributed by atoms with van der Waals surface area (Å²) in [5, 5.41) is 9.04. The Morgan fingerprint density at radius 3 is 2.71 bits per heavy atom. The van der Waals surface area contributed by atoms with Gasteiger partial charge in [-0.25, -0.2) is 9.18 Å². The first kappa shape index (κ1) is 15.4. The molecule has 0 spiro atoms. The molecule has 2 aromatic carbocycles. The Balaban J connectivity index is 1.91. The molecule has 0 amide bonds. The fourth-order valence-corrected chi connectivity index (χ4v) is 2.63. The van der Waals surface area contributed by atoms with Crippen LogP contribution in [0.4, 0.5) is 4.39 Å². The van der Waals surface area contributed by atoms with Crippen molar-refractivity contribution in [3.63, 3.8) is 0 Å². The van der Waals surface area contributed by atoms with Gasteiger partial charge in [0.2, 0.25) is 0 Å². The van der Waals surface area contributed by atoms with Crippen LogP contribution in [-0.4, -0.2) is 23.4 Å². The van der Waals surface area contributed by atoms with Crippen LogP contribution < -0.4 is 4.74 Å². The molecule has 1 N–H and O–H groups in total. The zero-order valence-electron chi connectivity index (χ0n) is 11.5. The largest absolute Gasteiger partial charge is 0.492 e. The van der Waals surface area contributed by atoms with Crippen LogP contribution in [-0.2, 0) is 0 Å². The number of rotatable bonds is 6. The number of aromatic carboxylic acids is 1. The molecule has 0 bridgehead atoms. The molecule has 21 heavy (non-hydrogen) atoms. The minimum Gasteiger partial charge on any atom is -0.492 e. The van der Waals surface area contributed by atoms with Gasteiger partial charge in [-0.3, -0.25) is 0 Å². The highest BCUT2D eigenvalue weighted by molar-refractivity contribution is 7.99. The molecule has 0 fully saturated rings. The number of halogens is 1. The van der Waals surface area contributed by atoms with Gasteiger partial charge in [0.1, 0.15) is 11.6 Å². The summed E-state index contributed by atoms with van der Waals surface area (Å²) < 4.78 is 19.0. The summed E-state index contributed by atoms with van der Waals surface area (Å²) in [4.78, 5) is 11.6. The summed E-state index contributed by atoms with van der Waals surface area (Å²) in [5.41, 5.74) is 0.829. The Kier molecular flexibility index (Phi) is 5.22. The lowest BCUT2D eigenvalue weighted by Crippen LogP contribution is -2.05. The van der Waals surface area contributed by atoms with E-state index < -0.39 is 5.97 Å². The second-order valence-corrected chi connectivity index (χ2v) is 5.50. The zero-order valence-corrected chi connectivity index (χ0v) is 12.3. The molecule has 3 nitrogen and oxygen atoms in total. The molecule has 0 saturated carbocycles. The highest BCUT2D eigenvalue weighted by Gasteiger charge is 2.10. The van der Waals surface area contributed by atoms with Crippen LogP contribution in [0.2, 0.25) is 0 Å². The van der Waals surface area contributed by atoms with Gasteiger partial charge in [0.15, 0.2) is 0 Å². The number of carboxylic acid groups (broad SMARTS) is 1. The van der Waals surface area contributed by atoms with Crippen LogP contribution in [0.5, 0.6) is 5.75 Å². The third-order valence-corrected chi connectivity index (χ3v) is 3.96. The molecule has 2 rings (SSSR count). The molecule has 0 heterocycles. The quantitative estimate of drug-likeness (QED) is 0.647. The van der Waals surface area contributed by atoms with Crippen molar-refractivity contribution in [3.8, 4) is 5.75 Å². The maximum atomic E-state index is 13.4. The van der Waals surface area contributed by atoms with E-state index in [1.54, 1.807) is 43.3 Å². The lowest BCUT2D eigenvalue weighted by Gasteiger charge is -2.10. The van der Waals surface area contributed by atoms with E-state index in [2.05, 4.69) is 0 Å². The topological polar surface area (TPSA) is 46.5 Å². The Labute approximate surface area is 126 Å². The average molecular weight is 306 g/mol. The van der Waals surface area contributed by atoms with Crippen molar-refractivity contribution >= 4 is 17.7 Å². The van der Waals surface area contributed by atoms with Crippen molar-refractivity contribution in [2.24, 2.45) is 0 Å². The van der Waals surface area contributed by atoms with Gasteiger partial charge >= 0.3 is 5.97 Å². The standard InChI is InChI=1S/C16H15FO3S/c1-11-12(16(18)19)5-4-7-14(11)20-9-10-21-15-8-3-2-6-13(15)17/h2-8H,9-10H2,1H3,(H,18,19). The SMILES string of the molecule is Cc1c(OCCSc2ccccc2F)cccc1C(=O)O. The second kappa shape index (κ2) is 7.13. The molecule has 110 valence electrons. The van der Waals surface area contributed by atoms with Gasteiger partial charge < -0.3 is 9.84 Å². The van der Waals surface area contributed by atoms with Gasteiger partial charge in [-0.1, -0.05) is 18.2 Å². The fourth-order valence-electron chi connectivity index (χ4n) is 1.87. The molecule has 5 heteroatoms. The molecule has 0 aliphatic rings. The summed E-state index contributed by atoms with van der Waals surface area (Å²) in [5.74, 6) is -0.0909. The van der Waals surface area contributed by atoms with Gasteiger partial charge in [-0.15, -0.1) is 11.8 Å². The van der Waals surface area contributed by atoms with Gasteiger partial charge in [0.25, 0.3) is 0 Å². The van der Waals surface area contributed by atoms with E-state index in [9.17, 15) is 9.18 Å². The van der Waals surface area contributed by atoms with E-state index >= 15 is 0 Å². The number of benzene rings is 2. The Hall–Kier alpha value is -2.01. The first-order valence-electron chi connectivity index (χ1n) is 6.42. The number of hydrogen-bond acceptors (Lipinski definition) is 3. The first-order valence-corrected chi connectivity index (χ1v) is 7.41. The van der Waals surface area contributed by atoms with Crippen molar-refractivity contribution < 1.29 is 19.0 Å². The molecule has 0 saturated heterocycles. The van der Waals surface area contributed by atoms with Gasteiger partial charge in [-0.05, 0) is 31.2 Å². The maximum Gasteiger partial charge on any atom is 0.336 e. The Morgan fingerprint density at radius 1 is 1.24 bits per heavy atom. The Bertz CT molecular complexity index is 643. The maximum absolute atomic E-state index is 13.4. The lowest BCUT2D eigenvalue weighted by atomic mass is 10.1. The first-order chi connectivity index (χ1) is 10.1. The molecule has 2 aromatic rings. The molecule has 0 unspecified atom stereocenters. The van der Waals surface area contributed by atoms with Crippen molar-refractivity contribution in [3.05, 3.63) is 59.4 Å². The smallest absolute Gasteiger partial charge is 0.336 e. The van der Waals surface area contributed by atoms with Crippen LogP contribution in [0.25, 0.3) is 0 Å². The van der Waals surface area contributed by atoms with Crippen LogP contribution in [0.3, 0.4) is 0 Å². The van der Waals surface area contributed by atoms with Gasteiger partial charge in [-0.2, -0.15) is 0 Å². The van der Waals surface area contributed by atoms with E-state index in [0.717, 1.165) is 0 Å². The highest BCUT2D eigenvalue weighted by atomic mass is 32.2. The predicted molar refractivity (Wildman–Crippen MR) is 80.8 cm³/mol. The minimum absolute atomic E-state index is 0.231. The summed E-state index contributed by atoms with van der Waals surface area (Å²) in [6.07, 6.45) is 0. The summed E-state index contributed by atoms with van der Waals surface area (Å²) >= 11 is 1.37. The summed E-state index contributed by atoms with van der Waals surface area (Å²) in [6, 6.07) is 11.5.